The van der Waals surface area contributed by atoms with E-state index in [0.29, 0.717) is 31.9 Å². The molecule has 1 unspecified atom stereocenters. The van der Waals surface area contributed by atoms with Crippen molar-refractivity contribution in [3.8, 4) is 5.75 Å². The van der Waals surface area contributed by atoms with E-state index in [0.717, 1.165) is 24.1 Å². The number of nitrogens with zero attached hydrogens (tertiary/aromatic N) is 3. The molecule has 2 aromatic carbocycles. The van der Waals surface area contributed by atoms with Crippen LogP contribution in [0.25, 0.3) is 0 Å². The minimum Gasteiger partial charge on any atom is -0.484 e. The van der Waals surface area contributed by atoms with Crippen LogP contribution in [0.15, 0.2) is 66.0 Å². The maximum atomic E-state index is 14.0. The Hall–Kier alpha value is -3.23. The summed E-state index contributed by atoms with van der Waals surface area (Å²) in [6, 6.07) is 17.9. The number of piperazine rings is 1. The Morgan fingerprint density at radius 3 is 2.40 bits per heavy atom. The lowest BCUT2D eigenvalue weighted by molar-refractivity contribution is -0.141. The van der Waals surface area contributed by atoms with Gasteiger partial charge < -0.3 is 14.5 Å². The van der Waals surface area contributed by atoms with Crippen LogP contribution in [0.1, 0.15) is 22.0 Å². The highest BCUT2D eigenvalue weighted by Gasteiger charge is 2.33. The van der Waals surface area contributed by atoms with Crippen LogP contribution in [0.2, 0.25) is 0 Å². The Morgan fingerprint density at radius 1 is 0.914 bits per heavy atom. The minimum atomic E-state index is -0.270. The van der Waals surface area contributed by atoms with Crippen molar-refractivity contribution in [3.63, 3.8) is 0 Å². The van der Waals surface area contributed by atoms with Gasteiger partial charge in [-0.1, -0.05) is 30.3 Å². The summed E-state index contributed by atoms with van der Waals surface area (Å²) >= 11 is 1.72. The second-order valence-electron chi connectivity index (χ2n) is 8.84. The Balaban J connectivity index is 1.18. The first-order valence-corrected chi connectivity index (χ1v) is 12.8. The van der Waals surface area contributed by atoms with Crippen LogP contribution in [0, 0.1) is 5.82 Å². The van der Waals surface area contributed by atoms with E-state index in [1.807, 2.05) is 41.3 Å². The molecule has 3 aromatic rings. The number of halogens is 1. The van der Waals surface area contributed by atoms with Gasteiger partial charge in [-0.15, -0.1) is 11.3 Å². The molecular formula is C27H28FN3O3S. The Morgan fingerprint density at radius 2 is 1.66 bits per heavy atom. The zero-order valence-electron chi connectivity index (χ0n) is 19.4. The van der Waals surface area contributed by atoms with Crippen molar-refractivity contribution in [2.75, 3.05) is 45.9 Å². The topological polar surface area (TPSA) is 53.1 Å². The van der Waals surface area contributed by atoms with Crippen molar-refractivity contribution in [3.05, 3.63) is 87.9 Å². The van der Waals surface area contributed by atoms with Gasteiger partial charge in [-0.25, -0.2) is 4.39 Å². The van der Waals surface area contributed by atoms with Crippen LogP contribution < -0.4 is 4.74 Å². The predicted molar refractivity (Wildman–Crippen MR) is 133 cm³/mol. The highest BCUT2D eigenvalue weighted by Crippen LogP contribution is 2.37. The zero-order valence-corrected chi connectivity index (χ0v) is 20.3. The maximum Gasteiger partial charge on any atom is 0.260 e. The fourth-order valence-electron chi connectivity index (χ4n) is 4.84. The number of hydrogen-bond donors (Lipinski definition) is 0. The lowest BCUT2D eigenvalue weighted by Gasteiger charge is -2.39. The van der Waals surface area contributed by atoms with E-state index >= 15 is 0 Å². The lowest BCUT2D eigenvalue weighted by atomic mass is 9.93. The van der Waals surface area contributed by atoms with Crippen LogP contribution in [-0.2, 0) is 16.0 Å². The molecule has 6 nitrogen and oxygen atoms in total. The second kappa shape index (κ2) is 10.6. The quantitative estimate of drug-likeness (QED) is 0.527. The average molecular weight is 494 g/mol. The number of amides is 2. The third-order valence-corrected chi connectivity index (χ3v) is 7.66. The zero-order chi connectivity index (χ0) is 24.2. The lowest BCUT2D eigenvalue weighted by Crippen LogP contribution is -2.54. The van der Waals surface area contributed by atoms with E-state index in [1.54, 1.807) is 28.4 Å². The van der Waals surface area contributed by atoms with Gasteiger partial charge in [0.2, 0.25) is 5.91 Å². The van der Waals surface area contributed by atoms with Gasteiger partial charge in [0.1, 0.15) is 11.6 Å². The number of thiophene rings is 1. The molecule has 0 spiro atoms. The fourth-order valence-corrected chi connectivity index (χ4v) is 5.74. The third kappa shape index (κ3) is 5.39. The number of carbonyl (C=O) groups excluding carboxylic acids is 2. The summed E-state index contributed by atoms with van der Waals surface area (Å²) in [5.74, 6) is 0.358. The molecule has 35 heavy (non-hydrogen) atoms. The molecule has 2 aliphatic heterocycles. The molecule has 8 heteroatoms. The summed E-state index contributed by atoms with van der Waals surface area (Å²) < 4.78 is 19.6. The summed E-state index contributed by atoms with van der Waals surface area (Å²) in [6.45, 7) is 2.98. The van der Waals surface area contributed by atoms with E-state index < -0.39 is 0 Å². The number of hydrogen-bond acceptors (Lipinski definition) is 5. The van der Waals surface area contributed by atoms with Crippen molar-refractivity contribution in [2.24, 2.45) is 0 Å². The van der Waals surface area contributed by atoms with Gasteiger partial charge in [-0.3, -0.25) is 14.5 Å². The van der Waals surface area contributed by atoms with Crippen LogP contribution in [-0.4, -0.2) is 72.4 Å². The van der Waals surface area contributed by atoms with Crippen molar-refractivity contribution >= 4 is 23.2 Å². The molecule has 1 aromatic heterocycles. The summed E-state index contributed by atoms with van der Waals surface area (Å²) in [4.78, 5) is 32.8. The second-order valence-corrected chi connectivity index (χ2v) is 9.84. The molecule has 1 fully saturated rings. The molecule has 1 atom stereocenters. The van der Waals surface area contributed by atoms with Gasteiger partial charge in [-0.2, -0.15) is 0 Å². The SMILES string of the molecule is O=C(COc1ccccc1)N1CCN(C(=O)CN2CCc3sccc3C2c2cccc(F)c2)CC1. The number of fused-ring (bicyclic) bond motifs is 1. The van der Waals surface area contributed by atoms with Crippen molar-refractivity contribution < 1.29 is 18.7 Å². The summed E-state index contributed by atoms with van der Waals surface area (Å²) in [6.07, 6.45) is 0.885. The molecule has 0 aliphatic carbocycles. The van der Waals surface area contributed by atoms with Crippen LogP contribution in [0.5, 0.6) is 5.75 Å². The predicted octanol–water partition coefficient (Wildman–Crippen LogP) is 3.58. The fraction of sp³-hybridized carbons (Fsp3) is 0.333. The average Bonchev–Trinajstić information content (AvgIpc) is 3.37. The standard InChI is InChI=1S/C27H28FN3O3S/c28-21-6-4-5-20(17-21)27-23-10-16-35-24(23)9-11-31(27)18-25(32)29-12-14-30(15-13-29)26(33)19-34-22-7-2-1-3-8-22/h1-8,10,16-17,27H,9,11-15,18-19H2. The smallest absolute Gasteiger partial charge is 0.260 e. The van der Waals surface area contributed by atoms with Gasteiger partial charge in [0, 0.05) is 37.6 Å². The molecule has 182 valence electrons. The van der Waals surface area contributed by atoms with Crippen molar-refractivity contribution in [1.29, 1.82) is 0 Å². The normalized spacial score (nSPS) is 18.3. The van der Waals surface area contributed by atoms with Gasteiger partial charge in [-0.05, 0) is 53.3 Å². The summed E-state index contributed by atoms with van der Waals surface area (Å²) in [7, 11) is 0. The van der Waals surface area contributed by atoms with Crippen LogP contribution in [0.3, 0.4) is 0 Å². The molecule has 0 radical (unpaired) electrons. The van der Waals surface area contributed by atoms with Crippen molar-refractivity contribution in [1.82, 2.24) is 14.7 Å². The molecule has 2 amide bonds. The summed E-state index contributed by atoms with van der Waals surface area (Å²) in [5, 5.41) is 2.07. The van der Waals surface area contributed by atoms with Gasteiger partial charge in [0.05, 0.1) is 12.6 Å². The maximum absolute atomic E-state index is 14.0. The van der Waals surface area contributed by atoms with Gasteiger partial charge >= 0.3 is 0 Å². The van der Waals surface area contributed by atoms with E-state index in [2.05, 4.69) is 16.3 Å². The number of rotatable bonds is 6. The number of carbonyl (C=O) groups is 2. The first-order valence-electron chi connectivity index (χ1n) is 11.9. The van der Waals surface area contributed by atoms with Gasteiger partial charge in [0.25, 0.3) is 5.91 Å². The third-order valence-electron chi connectivity index (χ3n) is 6.66. The Labute approximate surface area is 208 Å². The monoisotopic (exact) mass is 493 g/mol. The van der Waals surface area contributed by atoms with Gasteiger partial charge in [0.15, 0.2) is 6.61 Å². The molecular weight excluding hydrogens is 465 g/mol. The number of ether oxygens (including phenoxy) is 1. The van der Waals surface area contributed by atoms with E-state index in [1.165, 1.54) is 10.9 Å². The first-order chi connectivity index (χ1) is 17.1. The molecule has 3 heterocycles. The number of benzene rings is 2. The highest BCUT2D eigenvalue weighted by molar-refractivity contribution is 7.10. The molecule has 0 N–H and O–H groups in total. The summed E-state index contributed by atoms with van der Waals surface area (Å²) in [5.41, 5.74) is 2.03. The highest BCUT2D eigenvalue weighted by atomic mass is 32.1. The van der Waals surface area contributed by atoms with Crippen molar-refractivity contribution in [2.45, 2.75) is 12.5 Å². The molecule has 2 aliphatic rings. The Bertz CT molecular complexity index is 1180. The van der Waals surface area contributed by atoms with E-state index in [-0.39, 0.29) is 36.8 Å². The first kappa shape index (κ1) is 23.5. The van der Waals surface area contributed by atoms with E-state index in [4.69, 9.17) is 4.74 Å². The Kier molecular flexibility index (Phi) is 7.11. The molecule has 1 saturated heterocycles. The van der Waals surface area contributed by atoms with Crippen LogP contribution >= 0.6 is 11.3 Å². The minimum absolute atomic E-state index is 0.00989. The van der Waals surface area contributed by atoms with E-state index in [9.17, 15) is 14.0 Å². The molecule has 0 saturated carbocycles. The largest absolute Gasteiger partial charge is 0.484 e. The number of para-hydroxylation sites is 1. The molecule has 0 bridgehead atoms. The molecule has 5 rings (SSSR count). The van der Waals surface area contributed by atoms with Crippen LogP contribution in [0.4, 0.5) is 4.39 Å².